The van der Waals surface area contributed by atoms with Crippen molar-refractivity contribution in [3.63, 3.8) is 0 Å². The van der Waals surface area contributed by atoms with E-state index in [2.05, 4.69) is 0 Å². The second-order valence-electron chi connectivity index (χ2n) is 3.36. The van der Waals surface area contributed by atoms with Crippen LogP contribution in [-0.4, -0.2) is 16.7 Å². The highest BCUT2D eigenvalue weighted by atomic mass is 16.4. The predicted molar refractivity (Wildman–Crippen MR) is 40.7 cm³/mol. The Kier molecular flexibility index (Phi) is 2.15. The van der Waals surface area contributed by atoms with Crippen molar-refractivity contribution < 1.29 is 9.90 Å². The number of carbonyl (C=O) groups is 1. The summed E-state index contributed by atoms with van der Waals surface area (Å²) in [5.74, 6) is -1.11. The summed E-state index contributed by atoms with van der Waals surface area (Å²) < 4.78 is 0. The number of aliphatic carboxylic acids is 1. The zero-order valence-corrected chi connectivity index (χ0v) is 6.42. The van der Waals surface area contributed by atoms with Gasteiger partial charge in [-0.1, -0.05) is 0 Å². The molecule has 0 aromatic heterocycles. The molecule has 5 N–H and O–H groups in total. The second kappa shape index (κ2) is 2.79. The maximum atomic E-state index is 10.5. The quantitative estimate of drug-likeness (QED) is 0.464. The lowest BCUT2D eigenvalue weighted by atomic mass is 9.82. The maximum Gasteiger partial charge on any atom is 0.306 e. The fraction of sp³-hybridized carbons (Fsp3) is 0.857. The van der Waals surface area contributed by atoms with Gasteiger partial charge in [0.25, 0.3) is 0 Å². The van der Waals surface area contributed by atoms with Gasteiger partial charge in [-0.2, -0.15) is 0 Å². The average molecular weight is 158 g/mol. The van der Waals surface area contributed by atoms with Crippen molar-refractivity contribution in [1.29, 1.82) is 0 Å². The van der Waals surface area contributed by atoms with E-state index in [1.165, 1.54) is 0 Å². The average Bonchev–Trinajstić information content (AvgIpc) is 1.85. The first kappa shape index (κ1) is 8.49. The Bertz CT molecular complexity index is 168. The molecule has 4 heteroatoms. The largest absolute Gasteiger partial charge is 0.481 e. The first-order valence-corrected chi connectivity index (χ1v) is 3.82. The van der Waals surface area contributed by atoms with E-state index >= 15 is 0 Å². The van der Waals surface area contributed by atoms with Crippen LogP contribution in [0.15, 0.2) is 0 Å². The molecule has 0 heterocycles. The van der Waals surface area contributed by atoms with Crippen LogP contribution < -0.4 is 11.5 Å². The summed E-state index contributed by atoms with van der Waals surface area (Å²) in [5.41, 5.74) is 10.5. The first-order valence-electron chi connectivity index (χ1n) is 3.82. The Morgan fingerprint density at radius 1 is 1.55 bits per heavy atom. The summed E-state index contributed by atoms with van der Waals surface area (Å²) in [6.45, 7) is 0. The standard InChI is InChI=1S/C7H14N2O2/c8-7(9)3-1-2-5(4-7)6(10)11/h5H,1-4,8-9H2,(H,10,11). The summed E-state index contributed by atoms with van der Waals surface area (Å²) in [5, 5.41) is 8.66. The highest BCUT2D eigenvalue weighted by Crippen LogP contribution is 2.27. The van der Waals surface area contributed by atoms with Gasteiger partial charge in [-0.05, 0) is 25.7 Å². The minimum absolute atomic E-state index is 0.334. The molecule has 0 aromatic rings. The highest BCUT2D eigenvalue weighted by Gasteiger charge is 2.32. The van der Waals surface area contributed by atoms with Crippen LogP contribution in [-0.2, 0) is 4.79 Å². The summed E-state index contributed by atoms with van der Waals surface area (Å²) in [6.07, 6.45) is 2.68. The van der Waals surface area contributed by atoms with Crippen LogP contribution in [0.3, 0.4) is 0 Å². The van der Waals surface area contributed by atoms with Crippen LogP contribution in [0.4, 0.5) is 0 Å². The van der Waals surface area contributed by atoms with E-state index in [-0.39, 0.29) is 5.92 Å². The molecule has 1 atom stereocenters. The molecule has 4 nitrogen and oxygen atoms in total. The normalized spacial score (nSPS) is 29.8. The molecule has 1 rings (SSSR count). The Hall–Kier alpha value is -0.610. The molecule has 1 fully saturated rings. The number of nitrogens with two attached hydrogens (primary N) is 2. The van der Waals surface area contributed by atoms with Gasteiger partial charge in [-0.25, -0.2) is 0 Å². The van der Waals surface area contributed by atoms with Gasteiger partial charge in [0.1, 0.15) is 0 Å². The van der Waals surface area contributed by atoms with Gasteiger partial charge in [0.05, 0.1) is 11.6 Å². The third-order valence-corrected chi connectivity index (χ3v) is 2.17. The monoisotopic (exact) mass is 158 g/mol. The highest BCUT2D eigenvalue weighted by molar-refractivity contribution is 5.70. The molecule has 0 bridgehead atoms. The molecule has 0 aromatic carbocycles. The second-order valence-corrected chi connectivity index (χ2v) is 3.36. The van der Waals surface area contributed by atoms with Crippen molar-refractivity contribution in [2.75, 3.05) is 0 Å². The number of carboxylic acid groups (broad SMARTS) is 1. The van der Waals surface area contributed by atoms with Gasteiger partial charge >= 0.3 is 5.97 Å². The van der Waals surface area contributed by atoms with Gasteiger partial charge in [0.15, 0.2) is 0 Å². The Labute approximate surface area is 65.6 Å². The van der Waals surface area contributed by atoms with E-state index in [4.69, 9.17) is 16.6 Å². The van der Waals surface area contributed by atoms with Crippen LogP contribution in [0.25, 0.3) is 0 Å². The van der Waals surface area contributed by atoms with Gasteiger partial charge in [-0.15, -0.1) is 0 Å². The molecule has 1 aliphatic carbocycles. The molecule has 0 aliphatic heterocycles. The molecule has 0 amide bonds. The lowest BCUT2D eigenvalue weighted by molar-refractivity contribution is -0.143. The third-order valence-electron chi connectivity index (χ3n) is 2.17. The molecule has 1 unspecified atom stereocenters. The zero-order chi connectivity index (χ0) is 8.48. The van der Waals surface area contributed by atoms with Gasteiger partial charge in [-0.3, -0.25) is 4.79 Å². The van der Waals surface area contributed by atoms with Crippen LogP contribution >= 0.6 is 0 Å². The molecule has 0 saturated heterocycles. The van der Waals surface area contributed by atoms with E-state index < -0.39 is 11.6 Å². The number of carboxylic acids is 1. The fourth-order valence-electron chi connectivity index (χ4n) is 1.55. The summed E-state index contributed by atoms with van der Waals surface area (Å²) in [4.78, 5) is 10.5. The maximum absolute atomic E-state index is 10.5. The number of hydrogen-bond acceptors (Lipinski definition) is 3. The van der Waals surface area contributed by atoms with Gasteiger partial charge in [0.2, 0.25) is 0 Å². The van der Waals surface area contributed by atoms with Crippen molar-refractivity contribution in [2.45, 2.75) is 31.3 Å². The number of rotatable bonds is 1. The molecule has 0 spiro atoms. The fourth-order valence-corrected chi connectivity index (χ4v) is 1.55. The molecule has 11 heavy (non-hydrogen) atoms. The minimum Gasteiger partial charge on any atom is -0.481 e. The van der Waals surface area contributed by atoms with Crippen LogP contribution in [0.5, 0.6) is 0 Å². The van der Waals surface area contributed by atoms with Crippen molar-refractivity contribution in [2.24, 2.45) is 17.4 Å². The Morgan fingerprint density at radius 3 is 2.55 bits per heavy atom. The summed E-state index contributed by atoms with van der Waals surface area (Å²) in [7, 11) is 0. The molecular formula is C7H14N2O2. The van der Waals surface area contributed by atoms with Crippen molar-refractivity contribution in [3.8, 4) is 0 Å². The molecule has 1 saturated carbocycles. The predicted octanol–water partition coefficient (Wildman–Crippen LogP) is -0.125. The topological polar surface area (TPSA) is 89.3 Å². The lowest BCUT2D eigenvalue weighted by Crippen LogP contribution is -2.53. The van der Waals surface area contributed by atoms with Crippen molar-refractivity contribution >= 4 is 5.97 Å². The molecular weight excluding hydrogens is 144 g/mol. The Morgan fingerprint density at radius 2 is 2.18 bits per heavy atom. The summed E-state index contributed by atoms with van der Waals surface area (Å²) in [6, 6.07) is 0. The van der Waals surface area contributed by atoms with Crippen LogP contribution in [0.2, 0.25) is 0 Å². The Balaban J connectivity index is 2.53. The molecule has 1 aliphatic rings. The van der Waals surface area contributed by atoms with E-state index in [0.29, 0.717) is 12.8 Å². The third kappa shape index (κ3) is 2.17. The first-order chi connectivity index (χ1) is 5.01. The van der Waals surface area contributed by atoms with Crippen molar-refractivity contribution in [1.82, 2.24) is 0 Å². The SMILES string of the molecule is NC1(N)CCCC(C(=O)O)C1. The van der Waals surface area contributed by atoms with Gasteiger partial charge < -0.3 is 16.6 Å². The zero-order valence-electron chi connectivity index (χ0n) is 6.42. The minimum atomic E-state index is -0.773. The van der Waals surface area contributed by atoms with E-state index in [9.17, 15) is 4.79 Å². The van der Waals surface area contributed by atoms with Crippen LogP contribution in [0.1, 0.15) is 25.7 Å². The van der Waals surface area contributed by atoms with E-state index in [1.54, 1.807) is 0 Å². The molecule has 0 radical (unpaired) electrons. The molecule has 64 valence electrons. The number of hydrogen-bond donors (Lipinski definition) is 3. The summed E-state index contributed by atoms with van der Waals surface area (Å²) >= 11 is 0. The van der Waals surface area contributed by atoms with E-state index in [0.717, 1.165) is 12.8 Å². The smallest absolute Gasteiger partial charge is 0.306 e. The van der Waals surface area contributed by atoms with Gasteiger partial charge in [0, 0.05) is 0 Å². The van der Waals surface area contributed by atoms with Crippen molar-refractivity contribution in [3.05, 3.63) is 0 Å². The van der Waals surface area contributed by atoms with E-state index in [1.807, 2.05) is 0 Å². The van der Waals surface area contributed by atoms with Crippen LogP contribution in [0, 0.1) is 5.92 Å². The lowest BCUT2D eigenvalue weighted by Gasteiger charge is -2.32.